The van der Waals surface area contributed by atoms with Crippen molar-refractivity contribution in [3.63, 3.8) is 0 Å². The Labute approximate surface area is 150 Å². The summed E-state index contributed by atoms with van der Waals surface area (Å²) in [6.45, 7) is 3.86. The van der Waals surface area contributed by atoms with Gasteiger partial charge in [-0.25, -0.2) is 8.42 Å². The van der Waals surface area contributed by atoms with E-state index in [1.807, 2.05) is 19.9 Å². The summed E-state index contributed by atoms with van der Waals surface area (Å²) < 4.78 is 33.7. The third kappa shape index (κ3) is 3.45. The number of rotatable bonds is 5. The predicted molar refractivity (Wildman–Crippen MR) is 96.3 cm³/mol. The fraction of sp³-hybridized carbons (Fsp3) is 0.294. The minimum Gasteiger partial charge on any atom is -0.420 e. The van der Waals surface area contributed by atoms with E-state index in [0.29, 0.717) is 28.3 Å². The molecule has 0 spiro atoms. The van der Waals surface area contributed by atoms with Crippen LogP contribution >= 0.6 is 11.3 Å². The van der Waals surface area contributed by atoms with Crippen LogP contribution in [0.25, 0.3) is 10.8 Å². The first-order valence-electron chi connectivity index (χ1n) is 7.95. The highest BCUT2D eigenvalue weighted by Crippen LogP contribution is 2.40. The predicted octanol–water partition coefficient (Wildman–Crippen LogP) is 4.09. The van der Waals surface area contributed by atoms with Crippen LogP contribution in [-0.4, -0.2) is 18.6 Å². The van der Waals surface area contributed by atoms with Gasteiger partial charge in [-0.3, -0.25) is 4.72 Å². The van der Waals surface area contributed by atoms with Crippen LogP contribution in [0.5, 0.6) is 0 Å². The molecule has 3 aromatic rings. The van der Waals surface area contributed by atoms with Crippen molar-refractivity contribution in [1.82, 2.24) is 10.2 Å². The molecule has 1 fully saturated rings. The number of nitrogens with one attached hydrogen (secondary N) is 1. The van der Waals surface area contributed by atoms with E-state index in [1.165, 1.54) is 0 Å². The van der Waals surface area contributed by atoms with Gasteiger partial charge in [0.25, 0.3) is 15.9 Å². The second-order valence-electron chi connectivity index (χ2n) is 6.32. The molecular weight excluding hydrogens is 358 g/mol. The van der Waals surface area contributed by atoms with Crippen molar-refractivity contribution in [3.8, 4) is 10.8 Å². The SMILES string of the molecule is Cc1cc(C)cc(NS(=O)(=O)c2ccc(-c3nnc(C4CC4)o3)s2)c1. The minimum atomic E-state index is -3.65. The Bertz CT molecular complexity index is 1010. The lowest BCUT2D eigenvalue weighted by Gasteiger charge is -2.08. The van der Waals surface area contributed by atoms with Crippen LogP contribution in [0.1, 0.15) is 35.8 Å². The first-order chi connectivity index (χ1) is 11.9. The topological polar surface area (TPSA) is 85.1 Å². The summed E-state index contributed by atoms with van der Waals surface area (Å²) in [5.74, 6) is 1.39. The molecule has 0 bridgehead atoms. The van der Waals surface area contributed by atoms with E-state index in [0.717, 1.165) is 35.3 Å². The Morgan fingerprint density at radius 1 is 1.12 bits per heavy atom. The van der Waals surface area contributed by atoms with Crippen molar-refractivity contribution in [3.05, 3.63) is 47.3 Å². The average Bonchev–Trinajstić information content (AvgIpc) is 3.06. The Morgan fingerprint density at radius 2 is 1.84 bits per heavy atom. The lowest BCUT2D eigenvalue weighted by Crippen LogP contribution is -2.11. The third-order valence-corrected chi connectivity index (χ3v) is 6.84. The number of aromatic nitrogens is 2. The Hall–Kier alpha value is -2.19. The number of nitrogens with zero attached hydrogens (tertiary/aromatic N) is 2. The number of hydrogen-bond acceptors (Lipinski definition) is 6. The molecule has 25 heavy (non-hydrogen) atoms. The number of benzene rings is 1. The van der Waals surface area contributed by atoms with Crippen LogP contribution in [0.3, 0.4) is 0 Å². The molecule has 0 atom stereocenters. The summed E-state index contributed by atoms with van der Waals surface area (Å²) in [5, 5.41) is 8.07. The molecule has 0 amide bonds. The summed E-state index contributed by atoms with van der Waals surface area (Å²) in [6, 6.07) is 8.86. The monoisotopic (exact) mass is 375 g/mol. The van der Waals surface area contributed by atoms with Crippen LogP contribution in [0.2, 0.25) is 0 Å². The average molecular weight is 375 g/mol. The van der Waals surface area contributed by atoms with E-state index in [9.17, 15) is 8.42 Å². The van der Waals surface area contributed by atoms with Crippen molar-refractivity contribution in [1.29, 1.82) is 0 Å². The maximum Gasteiger partial charge on any atom is 0.271 e. The van der Waals surface area contributed by atoms with E-state index in [4.69, 9.17) is 4.42 Å². The van der Waals surface area contributed by atoms with E-state index in [-0.39, 0.29) is 4.21 Å². The van der Waals surface area contributed by atoms with Gasteiger partial charge in [0, 0.05) is 11.6 Å². The molecular formula is C17H17N3O3S2. The first-order valence-corrected chi connectivity index (χ1v) is 10.3. The van der Waals surface area contributed by atoms with Gasteiger partial charge in [-0.05, 0) is 62.1 Å². The molecule has 0 unspecified atom stereocenters. The molecule has 1 aromatic carbocycles. The van der Waals surface area contributed by atoms with Gasteiger partial charge < -0.3 is 4.42 Å². The molecule has 1 aliphatic carbocycles. The lowest BCUT2D eigenvalue weighted by molar-refractivity contribution is 0.509. The molecule has 4 rings (SSSR count). The number of hydrogen-bond donors (Lipinski definition) is 1. The zero-order valence-electron chi connectivity index (χ0n) is 13.8. The summed E-state index contributed by atoms with van der Waals surface area (Å²) in [6.07, 6.45) is 2.15. The third-order valence-electron chi connectivity index (χ3n) is 3.90. The van der Waals surface area contributed by atoms with Crippen LogP contribution in [0, 0.1) is 13.8 Å². The Kier molecular flexibility index (Phi) is 3.88. The van der Waals surface area contributed by atoms with Crippen LogP contribution in [0.15, 0.2) is 39.0 Å². The number of thiophene rings is 1. The molecule has 2 aromatic heterocycles. The Morgan fingerprint density at radius 3 is 2.52 bits per heavy atom. The summed E-state index contributed by atoms with van der Waals surface area (Å²) >= 11 is 1.12. The molecule has 6 nitrogen and oxygen atoms in total. The molecule has 130 valence electrons. The molecule has 1 saturated carbocycles. The quantitative estimate of drug-likeness (QED) is 0.726. The van der Waals surface area contributed by atoms with Crippen molar-refractivity contribution in [2.75, 3.05) is 4.72 Å². The fourth-order valence-corrected chi connectivity index (χ4v) is 4.92. The number of aryl methyl sites for hydroxylation is 2. The number of sulfonamides is 1. The molecule has 0 radical (unpaired) electrons. The maximum absolute atomic E-state index is 12.6. The zero-order chi connectivity index (χ0) is 17.6. The Balaban J connectivity index is 1.59. The second kappa shape index (κ2) is 5.96. The molecule has 8 heteroatoms. The van der Waals surface area contributed by atoms with Gasteiger partial charge in [0.1, 0.15) is 4.21 Å². The summed E-state index contributed by atoms with van der Waals surface area (Å²) in [7, 11) is -3.65. The van der Waals surface area contributed by atoms with Crippen molar-refractivity contribution >= 4 is 27.0 Å². The normalized spacial score (nSPS) is 14.6. The first kappa shape index (κ1) is 16.3. The molecule has 1 N–H and O–H groups in total. The fourth-order valence-electron chi connectivity index (χ4n) is 2.65. The largest absolute Gasteiger partial charge is 0.420 e. The lowest BCUT2D eigenvalue weighted by atomic mass is 10.1. The highest BCUT2D eigenvalue weighted by Gasteiger charge is 2.30. The van der Waals surface area contributed by atoms with Crippen molar-refractivity contribution < 1.29 is 12.8 Å². The van der Waals surface area contributed by atoms with Gasteiger partial charge in [-0.2, -0.15) is 0 Å². The van der Waals surface area contributed by atoms with Crippen LogP contribution < -0.4 is 4.72 Å². The van der Waals surface area contributed by atoms with E-state index in [1.54, 1.807) is 24.3 Å². The maximum atomic E-state index is 12.6. The minimum absolute atomic E-state index is 0.216. The summed E-state index contributed by atoms with van der Waals surface area (Å²) in [5.41, 5.74) is 2.56. The van der Waals surface area contributed by atoms with Crippen LogP contribution in [0.4, 0.5) is 5.69 Å². The highest BCUT2D eigenvalue weighted by molar-refractivity contribution is 7.94. The highest BCUT2D eigenvalue weighted by atomic mass is 32.2. The van der Waals surface area contributed by atoms with Gasteiger partial charge in [0.2, 0.25) is 5.89 Å². The molecule has 0 aliphatic heterocycles. The van der Waals surface area contributed by atoms with Gasteiger partial charge in [-0.15, -0.1) is 21.5 Å². The van der Waals surface area contributed by atoms with Crippen molar-refractivity contribution in [2.45, 2.75) is 36.8 Å². The van der Waals surface area contributed by atoms with E-state index >= 15 is 0 Å². The van der Waals surface area contributed by atoms with Gasteiger partial charge >= 0.3 is 0 Å². The van der Waals surface area contributed by atoms with Crippen molar-refractivity contribution in [2.24, 2.45) is 0 Å². The van der Waals surface area contributed by atoms with Gasteiger partial charge in [-0.1, -0.05) is 6.07 Å². The molecule has 0 saturated heterocycles. The standard InChI is InChI=1S/C17H17N3O3S2/c1-10-7-11(2)9-13(8-10)20-25(21,22)15-6-5-14(24-15)17-19-18-16(23-17)12-3-4-12/h5-9,12,20H,3-4H2,1-2H3. The number of anilines is 1. The molecule has 2 heterocycles. The second-order valence-corrected chi connectivity index (χ2v) is 9.31. The molecule has 1 aliphatic rings. The zero-order valence-corrected chi connectivity index (χ0v) is 15.4. The van der Waals surface area contributed by atoms with Crippen LogP contribution in [-0.2, 0) is 10.0 Å². The van der Waals surface area contributed by atoms with Gasteiger partial charge in [0.15, 0.2) is 0 Å². The summed E-state index contributed by atoms with van der Waals surface area (Å²) in [4.78, 5) is 0.653. The van der Waals surface area contributed by atoms with E-state index < -0.39 is 10.0 Å². The van der Waals surface area contributed by atoms with E-state index in [2.05, 4.69) is 14.9 Å². The smallest absolute Gasteiger partial charge is 0.271 e. The van der Waals surface area contributed by atoms with Gasteiger partial charge in [0.05, 0.1) is 4.88 Å².